The van der Waals surface area contributed by atoms with Gasteiger partial charge in [0.25, 0.3) is 0 Å². The first-order valence-electron chi connectivity index (χ1n) is 5.79. The van der Waals surface area contributed by atoms with Gasteiger partial charge in [-0.05, 0) is 32.9 Å². The van der Waals surface area contributed by atoms with Crippen LogP contribution in [0, 0.1) is 5.41 Å². The van der Waals surface area contributed by atoms with Crippen LogP contribution in [0.5, 0.6) is 0 Å². The summed E-state index contributed by atoms with van der Waals surface area (Å²) in [4.78, 5) is 23.4. The molecule has 0 saturated heterocycles. The number of esters is 1. The molecule has 0 amide bonds. The lowest BCUT2D eigenvalue weighted by Crippen LogP contribution is -2.37. The molecule has 0 aliphatic heterocycles. The summed E-state index contributed by atoms with van der Waals surface area (Å²) in [6.45, 7) is 5.08. The van der Waals surface area contributed by atoms with E-state index in [9.17, 15) is 9.59 Å². The average molecular weight is 254 g/mol. The van der Waals surface area contributed by atoms with Crippen molar-refractivity contribution >= 4 is 11.8 Å². The normalized spacial score (nSPS) is 11.3. The van der Waals surface area contributed by atoms with Crippen molar-refractivity contribution in [1.82, 2.24) is 0 Å². The van der Waals surface area contributed by atoms with E-state index < -0.39 is 11.4 Å². The minimum absolute atomic E-state index is 0.146. The molecule has 1 aromatic heterocycles. The van der Waals surface area contributed by atoms with Gasteiger partial charge in [0.05, 0.1) is 12.9 Å². The van der Waals surface area contributed by atoms with Gasteiger partial charge in [0.2, 0.25) is 0 Å². The fourth-order valence-corrected chi connectivity index (χ4v) is 1.24. The van der Waals surface area contributed by atoms with E-state index >= 15 is 0 Å². The van der Waals surface area contributed by atoms with E-state index in [-0.39, 0.29) is 25.6 Å². The standard InChI is InChI=1S/C13H18O5/c1-4-17-12(15)13(2,3)11(14)9-16-8-10-6-5-7-18-10/h5-7H,4,8-9H2,1-3H3. The monoisotopic (exact) mass is 254 g/mol. The van der Waals surface area contributed by atoms with Crippen LogP contribution in [0.4, 0.5) is 0 Å². The summed E-state index contributed by atoms with van der Waals surface area (Å²) in [5, 5.41) is 0. The number of ether oxygens (including phenoxy) is 2. The minimum Gasteiger partial charge on any atom is -0.467 e. The van der Waals surface area contributed by atoms with Gasteiger partial charge in [0.1, 0.15) is 24.4 Å². The second-order valence-electron chi connectivity index (χ2n) is 4.34. The molecule has 0 saturated carbocycles. The molecule has 0 bridgehead atoms. The molecule has 5 heteroatoms. The highest BCUT2D eigenvalue weighted by Crippen LogP contribution is 2.19. The maximum absolute atomic E-state index is 11.9. The van der Waals surface area contributed by atoms with Crippen LogP contribution in [0.3, 0.4) is 0 Å². The molecule has 0 unspecified atom stereocenters. The Kier molecular flexibility index (Phi) is 5.09. The molecule has 0 radical (unpaired) electrons. The van der Waals surface area contributed by atoms with E-state index in [1.807, 2.05) is 0 Å². The Bertz CT molecular complexity index is 392. The van der Waals surface area contributed by atoms with Crippen LogP contribution < -0.4 is 0 Å². The topological polar surface area (TPSA) is 65.7 Å². The molecule has 1 heterocycles. The maximum Gasteiger partial charge on any atom is 0.319 e. The molecule has 5 nitrogen and oxygen atoms in total. The van der Waals surface area contributed by atoms with E-state index in [4.69, 9.17) is 13.9 Å². The number of carbonyl (C=O) groups is 2. The Morgan fingerprint density at radius 3 is 2.67 bits per heavy atom. The SMILES string of the molecule is CCOC(=O)C(C)(C)C(=O)COCc1ccco1. The minimum atomic E-state index is -1.18. The highest BCUT2D eigenvalue weighted by atomic mass is 16.5. The predicted octanol–water partition coefficient (Wildman–Crippen LogP) is 1.95. The molecule has 0 N–H and O–H groups in total. The summed E-state index contributed by atoms with van der Waals surface area (Å²) in [6.07, 6.45) is 1.53. The third-order valence-corrected chi connectivity index (χ3v) is 2.54. The van der Waals surface area contributed by atoms with E-state index in [0.717, 1.165) is 0 Å². The van der Waals surface area contributed by atoms with Gasteiger partial charge >= 0.3 is 5.97 Å². The summed E-state index contributed by atoms with van der Waals surface area (Å²) >= 11 is 0. The average Bonchev–Trinajstić information content (AvgIpc) is 2.82. The Hall–Kier alpha value is -1.62. The number of hydrogen-bond donors (Lipinski definition) is 0. The molecule has 1 rings (SSSR count). The molecule has 0 aliphatic rings. The van der Waals surface area contributed by atoms with E-state index in [2.05, 4.69) is 0 Å². The van der Waals surface area contributed by atoms with Gasteiger partial charge in [-0.25, -0.2) is 0 Å². The van der Waals surface area contributed by atoms with Crippen molar-refractivity contribution in [2.75, 3.05) is 13.2 Å². The van der Waals surface area contributed by atoms with Crippen molar-refractivity contribution in [3.05, 3.63) is 24.2 Å². The van der Waals surface area contributed by atoms with Crippen LogP contribution in [-0.2, 0) is 25.7 Å². The zero-order chi connectivity index (χ0) is 13.6. The number of hydrogen-bond acceptors (Lipinski definition) is 5. The Balaban J connectivity index is 2.41. The Morgan fingerprint density at radius 1 is 1.39 bits per heavy atom. The number of carbonyl (C=O) groups excluding carboxylic acids is 2. The fourth-order valence-electron chi connectivity index (χ4n) is 1.24. The predicted molar refractivity (Wildman–Crippen MR) is 63.8 cm³/mol. The van der Waals surface area contributed by atoms with Crippen LogP contribution in [0.2, 0.25) is 0 Å². The van der Waals surface area contributed by atoms with Crippen LogP contribution in [0.25, 0.3) is 0 Å². The molecule has 100 valence electrons. The largest absolute Gasteiger partial charge is 0.467 e. The van der Waals surface area contributed by atoms with Crippen molar-refractivity contribution < 1.29 is 23.5 Å². The van der Waals surface area contributed by atoms with Crippen LogP contribution >= 0.6 is 0 Å². The first-order valence-corrected chi connectivity index (χ1v) is 5.79. The van der Waals surface area contributed by atoms with Crippen molar-refractivity contribution in [1.29, 1.82) is 0 Å². The molecule has 0 fully saturated rings. The molecule has 1 aromatic rings. The summed E-state index contributed by atoms with van der Waals surface area (Å²) < 4.78 is 15.1. The summed E-state index contributed by atoms with van der Waals surface area (Å²) in [6, 6.07) is 3.49. The second-order valence-corrected chi connectivity index (χ2v) is 4.34. The highest BCUT2D eigenvalue weighted by Gasteiger charge is 2.37. The van der Waals surface area contributed by atoms with Gasteiger partial charge in [0.15, 0.2) is 5.78 Å². The first-order chi connectivity index (χ1) is 8.48. The zero-order valence-electron chi connectivity index (χ0n) is 10.9. The molecule has 0 aliphatic carbocycles. The quantitative estimate of drug-likeness (QED) is 0.549. The fraction of sp³-hybridized carbons (Fsp3) is 0.538. The third kappa shape index (κ3) is 3.70. The van der Waals surface area contributed by atoms with E-state index in [1.54, 1.807) is 19.1 Å². The molecule has 0 spiro atoms. The molecular weight excluding hydrogens is 236 g/mol. The van der Waals surface area contributed by atoms with Crippen molar-refractivity contribution in [2.45, 2.75) is 27.4 Å². The van der Waals surface area contributed by atoms with Crippen LogP contribution in [-0.4, -0.2) is 25.0 Å². The lowest BCUT2D eigenvalue weighted by atomic mass is 9.88. The number of Topliss-reactive ketones (excluding diaryl/α,β-unsaturated/α-hetero) is 1. The van der Waals surface area contributed by atoms with Crippen LogP contribution in [0.1, 0.15) is 26.5 Å². The second kappa shape index (κ2) is 6.35. The summed E-state index contributed by atoms with van der Waals surface area (Å²) in [5.74, 6) is -0.208. The van der Waals surface area contributed by atoms with E-state index in [1.165, 1.54) is 20.1 Å². The smallest absolute Gasteiger partial charge is 0.319 e. The lowest BCUT2D eigenvalue weighted by molar-refractivity contribution is -0.159. The highest BCUT2D eigenvalue weighted by molar-refractivity contribution is 6.03. The van der Waals surface area contributed by atoms with Crippen molar-refractivity contribution in [3.8, 4) is 0 Å². The lowest BCUT2D eigenvalue weighted by Gasteiger charge is -2.20. The van der Waals surface area contributed by atoms with E-state index in [0.29, 0.717) is 5.76 Å². The third-order valence-electron chi connectivity index (χ3n) is 2.54. The zero-order valence-corrected chi connectivity index (χ0v) is 10.9. The van der Waals surface area contributed by atoms with Crippen molar-refractivity contribution in [3.63, 3.8) is 0 Å². The Labute approximate surface area is 106 Å². The van der Waals surface area contributed by atoms with Gasteiger partial charge in [-0.1, -0.05) is 0 Å². The van der Waals surface area contributed by atoms with Gasteiger partial charge < -0.3 is 13.9 Å². The van der Waals surface area contributed by atoms with Gasteiger partial charge in [-0.15, -0.1) is 0 Å². The van der Waals surface area contributed by atoms with Gasteiger partial charge in [-0.3, -0.25) is 9.59 Å². The molecule has 0 atom stereocenters. The summed E-state index contributed by atoms with van der Waals surface area (Å²) in [7, 11) is 0. The maximum atomic E-state index is 11.9. The van der Waals surface area contributed by atoms with Gasteiger partial charge in [-0.2, -0.15) is 0 Å². The molecule has 0 aromatic carbocycles. The molecular formula is C13H18O5. The molecule has 18 heavy (non-hydrogen) atoms. The first kappa shape index (κ1) is 14.4. The number of furan rings is 1. The Morgan fingerprint density at radius 2 is 2.11 bits per heavy atom. The van der Waals surface area contributed by atoms with Crippen molar-refractivity contribution in [2.24, 2.45) is 5.41 Å². The number of rotatable bonds is 7. The number of ketones is 1. The van der Waals surface area contributed by atoms with Crippen LogP contribution in [0.15, 0.2) is 22.8 Å². The van der Waals surface area contributed by atoms with Gasteiger partial charge in [0, 0.05) is 0 Å². The summed E-state index contributed by atoms with van der Waals surface area (Å²) in [5.41, 5.74) is -1.18.